The first-order chi connectivity index (χ1) is 6.79. The van der Waals surface area contributed by atoms with Gasteiger partial charge in [0.25, 0.3) is 0 Å². The summed E-state index contributed by atoms with van der Waals surface area (Å²) in [5.74, 6) is 0.643. The lowest BCUT2D eigenvalue weighted by molar-refractivity contribution is 0.101. The quantitative estimate of drug-likeness (QED) is 0.826. The first-order valence-corrected chi connectivity index (χ1v) is 5.67. The number of nitrogens with zero attached hydrogens (tertiary/aromatic N) is 2. The zero-order chi connectivity index (χ0) is 9.97. The summed E-state index contributed by atoms with van der Waals surface area (Å²) in [6.45, 7) is 2.81. The fourth-order valence-corrected chi connectivity index (χ4v) is 2.34. The van der Waals surface area contributed by atoms with Gasteiger partial charge >= 0.3 is 0 Å². The second-order valence-corrected chi connectivity index (χ2v) is 4.85. The van der Waals surface area contributed by atoms with Crippen molar-refractivity contribution in [3.63, 3.8) is 0 Å². The Labute approximate surface area is 87.7 Å². The highest BCUT2D eigenvalue weighted by Gasteiger charge is 2.31. The van der Waals surface area contributed by atoms with Crippen LogP contribution in [0, 0.1) is 12.8 Å². The van der Waals surface area contributed by atoms with Gasteiger partial charge in [0.05, 0.1) is 6.61 Å². The van der Waals surface area contributed by atoms with Crippen LogP contribution in [0.1, 0.15) is 17.8 Å². The van der Waals surface area contributed by atoms with Gasteiger partial charge in [0.1, 0.15) is 5.01 Å². The molecule has 5 heteroatoms. The molecule has 0 spiro atoms. The second kappa shape index (κ2) is 4.23. The molecule has 1 aromatic rings. The summed E-state index contributed by atoms with van der Waals surface area (Å²) in [5, 5.41) is 13.4. The number of rotatable bonds is 4. The molecule has 1 aliphatic rings. The van der Waals surface area contributed by atoms with Gasteiger partial charge in [-0.1, -0.05) is 11.3 Å². The fraction of sp³-hybridized carbons (Fsp3) is 0.778. The molecule has 2 rings (SSSR count). The van der Waals surface area contributed by atoms with Gasteiger partial charge in [-0.25, -0.2) is 0 Å². The highest BCUT2D eigenvalue weighted by atomic mass is 32.1. The molecule has 0 aromatic carbocycles. The number of methoxy groups -OCH3 is 1. The van der Waals surface area contributed by atoms with Crippen LogP contribution >= 0.6 is 11.3 Å². The Morgan fingerprint density at radius 2 is 2.36 bits per heavy atom. The van der Waals surface area contributed by atoms with E-state index in [9.17, 15) is 0 Å². The Morgan fingerprint density at radius 1 is 1.50 bits per heavy atom. The summed E-state index contributed by atoms with van der Waals surface area (Å²) in [4.78, 5) is 0. The Kier molecular flexibility index (Phi) is 2.98. The maximum atomic E-state index is 5.15. The Bertz CT molecular complexity index is 302. The molecule has 0 aliphatic heterocycles. The molecule has 14 heavy (non-hydrogen) atoms. The lowest BCUT2D eigenvalue weighted by Gasteiger charge is -2.36. The molecule has 0 radical (unpaired) electrons. The largest absolute Gasteiger partial charge is 0.384 e. The van der Waals surface area contributed by atoms with Crippen molar-refractivity contribution < 1.29 is 4.74 Å². The minimum absolute atomic E-state index is 0.530. The summed E-state index contributed by atoms with van der Waals surface area (Å²) in [5.41, 5.74) is 0. The smallest absolute Gasteiger partial charge is 0.205 e. The topological polar surface area (TPSA) is 47.0 Å². The van der Waals surface area contributed by atoms with Crippen LogP contribution in [0.15, 0.2) is 0 Å². The molecule has 1 heterocycles. The monoisotopic (exact) mass is 213 g/mol. The van der Waals surface area contributed by atoms with E-state index in [1.807, 2.05) is 6.92 Å². The van der Waals surface area contributed by atoms with E-state index >= 15 is 0 Å². The van der Waals surface area contributed by atoms with Gasteiger partial charge < -0.3 is 10.1 Å². The van der Waals surface area contributed by atoms with Crippen molar-refractivity contribution in [3.05, 3.63) is 5.01 Å². The molecular formula is C9H15N3OS. The van der Waals surface area contributed by atoms with E-state index in [0.29, 0.717) is 12.0 Å². The van der Waals surface area contributed by atoms with Gasteiger partial charge in [0.15, 0.2) is 0 Å². The van der Waals surface area contributed by atoms with Crippen LogP contribution in [0.2, 0.25) is 0 Å². The molecule has 78 valence electrons. The Balaban J connectivity index is 1.86. The first-order valence-electron chi connectivity index (χ1n) is 4.85. The molecule has 1 saturated carbocycles. The lowest BCUT2D eigenvalue weighted by Crippen LogP contribution is -2.40. The normalized spacial score (nSPS) is 25.9. The molecule has 4 nitrogen and oxygen atoms in total. The zero-order valence-electron chi connectivity index (χ0n) is 8.49. The summed E-state index contributed by atoms with van der Waals surface area (Å²) in [6.07, 6.45) is 2.47. The maximum Gasteiger partial charge on any atom is 0.205 e. The molecule has 0 bridgehead atoms. The molecule has 0 unspecified atom stereocenters. The average molecular weight is 213 g/mol. The molecule has 1 N–H and O–H groups in total. The lowest BCUT2D eigenvalue weighted by atomic mass is 9.80. The van der Waals surface area contributed by atoms with E-state index in [4.69, 9.17) is 4.74 Å². The van der Waals surface area contributed by atoms with Crippen LogP contribution in [-0.4, -0.2) is 30.0 Å². The third-order valence-electron chi connectivity index (χ3n) is 2.63. The van der Waals surface area contributed by atoms with Crippen LogP contribution in [0.5, 0.6) is 0 Å². The fourth-order valence-electron chi connectivity index (χ4n) is 1.69. The van der Waals surface area contributed by atoms with E-state index in [-0.39, 0.29) is 0 Å². The van der Waals surface area contributed by atoms with Crippen molar-refractivity contribution in [2.75, 3.05) is 19.0 Å². The maximum absolute atomic E-state index is 5.15. The van der Waals surface area contributed by atoms with Crippen molar-refractivity contribution in [3.8, 4) is 0 Å². The minimum Gasteiger partial charge on any atom is -0.384 e. The predicted molar refractivity (Wildman–Crippen MR) is 56.7 cm³/mol. The van der Waals surface area contributed by atoms with Crippen molar-refractivity contribution in [1.82, 2.24) is 10.2 Å². The molecule has 0 amide bonds. The van der Waals surface area contributed by atoms with Gasteiger partial charge in [-0.05, 0) is 19.8 Å². The second-order valence-electron chi connectivity index (χ2n) is 3.67. The first kappa shape index (κ1) is 9.86. The van der Waals surface area contributed by atoms with Crippen LogP contribution < -0.4 is 5.32 Å². The number of aromatic nitrogens is 2. The van der Waals surface area contributed by atoms with Gasteiger partial charge in [-0.3, -0.25) is 0 Å². The summed E-state index contributed by atoms with van der Waals surface area (Å²) >= 11 is 1.61. The Morgan fingerprint density at radius 3 is 2.86 bits per heavy atom. The highest BCUT2D eigenvalue weighted by molar-refractivity contribution is 7.15. The predicted octanol–water partition coefficient (Wildman–Crippen LogP) is 1.68. The molecule has 1 aliphatic carbocycles. The van der Waals surface area contributed by atoms with Crippen molar-refractivity contribution in [2.24, 2.45) is 5.92 Å². The van der Waals surface area contributed by atoms with Gasteiger partial charge in [-0.2, -0.15) is 0 Å². The third kappa shape index (κ3) is 2.04. The van der Waals surface area contributed by atoms with E-state index < -0.39 is 0 Å². The Hall–Kier alpha value is -0.680. The van der Waals surface area contributed by atoms with E-state index in [2.05, 4.69) is 15.5 Å². The third-order valence-corrected chi connectivity index (χ3v) is 3.40. The van der Waals surface area contributed by atoms with E-state index in [1.165, 1.54) is 12.8 Å². The van der Waals surface area contributed by atoms with Crippen molar-refractivity contribution >= 4 is 16.5 Å². The van der Waals surface area contributed by atoms with Crippen LogP contribution in [0.25, 0.3) is 0 Å². The van der Waals surface area contributed by atoms with Gasteiger partial charge in [0.2, 0.25) is 5.13 Å². The van der Waals surface area contributed by atoms with Gasteiger partial charge in [0, 0.05) is 19.1 Å². The number of hydrogen-bond acceptors (Lipinski definition) is 5. The molecule has 2 atom stereocenters. The molecule has 0 saturated heterocycles. The van der Waals surface area contributed by atoms with Crippen molar-refractivity contribution in [1.29, 1.82) is 0 Å². The minimum atomic E-state index is 0.530. The molecular weight excluding hydrogens is 198 g/mol. The summed E-state index contributed by atoms with van der Waals surface area (Å²) in [7, 11) is 1.75. The van der Waals surface area contributed by atoms with Crippen LogP contribution in [0.4, 0.5) is 5.13 Å². The van der Waals surface area contributed by atoms with Crippen molar-refractivity contribution in [2.45, 2.75) is 25.8 Å². The van der Waals surface area contributed by atoms with E-state index in [1.54, 1.807) is 18.4 Å². The SMILES string of the molecule is COC[C@H]1CC[C@@H]1Nc1nnc(C)s1. The molecule has 1 fully saturated rings. The van der Waals surface area contributed by atoms with Gasteiger partial charge in [-0.15, -0.1) is 10.2 Å². The number of ether oxygens (including phenoxy) is 1. The number of anilines is 1. The number of nitrogens with one attached hydrogen (secondary N) is 1. The van der Waals surface area contributed by atoms with Crippen LogP contribution in [0.3, 0.4) is 0 Å². The average Bonchev–Trinajstić information content (AvgIpc) is 2.55. The number of aryl methyl sites for hydroxylation is 1. The van der Waals surface area contributed by atoms with Crippen LogP contribution in [-0.2, 0) is 4.74 Å². The summed E-state index contributed by atoms with van der Waals surface area (Å²) < 4.78 is 5.15. The standard InChI is InChI=1S/C9H15N3OS/c1-6-11-12-9(14-6)10-8-4-3-7(8)5-13-2/h7-8H,3-5H2,1-2H3,(H,10,12)/t7-,8+/m1/s1. The number of hydrogen-bond donors (Lipinski definition) is 1. The highest BCUT2D eigenvalue weighted by Crippen LogP contribution is 2.31. The zero-order valence-corrected chi connectivity index (χ0v) is 9.30. The summed E-state index contributed by atoms with van der Waals surface area (Å²) in [6, 6.07) is 0.530. The van der Waals surface area contributed by atoms with E-state index in [0.717, 1.165) is 16.7 Å². The molecule has 1 aromatic heterocycles.